The molecule has 0 bridgehead atoms. The summed E-state index contributed by atoms with van der Waals surface area (Å²) in [4.78, 5) is 27.5. The average molecular weight is 396 g/mol. The summed E-state index contributed by atoms with van der Waals surface area (Å²) < 4.78 is 16.2. The highest BCUT2D eigenvalue weighted by molar-refractivity contribution is 5.97. The van der Waals surface area contributed by atoms with E-state index >= 15 is 0 Å². The molecule has 2 aliphatic rings. The van der Waals surface area contributed by atoms with Crippen molar-refractivity contribution in [3.63, 3.8) is 0 Å². The van der Waals surface area contributed by atoms with Gasteiger partial charge >= 0.3 is 6.09 Å². The fourth-order valence-corrected chi connectivity index (χ4v) is 3.47. The zero-order chi connectivity index (χ0) is 20.6. The van der Waals surface area contributed by atoms with Crippen LogP contribution in [0.3, 0.4) is 0 Å². The van der Waals surface area contributed by atoms with Crippen LogP contribution in [-0.4, -0.2) is 35.3 Å². The fraction of sp³-hybridized carbons (Fsp3) is 0.364. The Kier molecular flexibility index (Phi) is 4.82. The molecule has 0 spiro atoms. The van der Waals surface area contributed by atoms with Crippen molar-refractivity contribution < 1.29 is 23.8 Å². The number of nitrogens with one attached hydrogen (secondary N) is 1. The van der Waals surface area contributed by atoms with Crippen LogP contribution in [0.15, 0.2) is 42.5 Å². The summed E-state index contributed by atoms with van der Waals surface area (Å²) in [5.41, 5.74) is 2.01. The van der Waals surface area contributed by atoms with E-state index in [1.54, 1.807) is 18.2 Å². The maximum Gasteiger partial charge on any atom is 0.411 e. The van der Waals surface area contributed by atoms with Gasteiger partial charge in [0.1, 0.15) is 11.6 Å². The number of fused-ring (bicyclic) bond motifs is 2. The van der Waals surface area contributed by atoms with Crippen LogP contribution in [0, 0.1) is 0 Å². The van der Waals surface area contributed by atoms with Crippen LogP contribution in [0.4, 0.5) is 10.5 Å². The van der Waals surface area contributed by atoms with Gasteiger partial charge in [0.25, 0.3) is 0 Å². The average Bonchev–Trinajstić information content (AvgIpc) is 3.13. The normalized spacial score (nSPS) is 17.5. The molecule has 0 radical (unpaired) electrons. The van der Waals surface area contributed by atoms with Crippen molar-refractivity contribution in [2.75, 3.05) is 12.1 Å². The molecule has 152 valence electrons. The molecule has 4 rings (SSSR count). The number of hydrogen-bond acceptors (Lipinski definition) is 5. The molecular weight excluding hydrogens is 372 g/mol. The molecule has 2 amide bonds. The van der Waals surface area contributed by atoms with Crippen molar-refractivity contribution in [3.05, 3.63) is 53.6 Å². The number of benzene rings is 2. The molecule has 7 nitrogen and oxygen atoms in total. The van der Waals surface area contributed by atoms with E-state index in [0.29, 0.717) is 30.2 Å². The SMILES string of the molecule is CC(C)(C)OC(=O)N1Cc2ccccc2CC1C(=O)Nc1ccc2c(c1)OCO2. The largest absolute Gasteiger partial charge is 0.454 e. The lowest BCUT2D eigenvalue weighted by Gasteiger charge is -2.36. The van der Waals surface area contributed by atoms with Gasteiger partial charge in [-0.2, -0.15) is 0 Å². The topological polar surface area (TPSA) is 77.1 Å². The quantitative estimate of drug-likeness (QED) is 0.837. The van der Waals surface area contributed by atoms with Gasteiger partial charge in [-0.25, -0.2) is 4.79 Å². The number of anilines is 1. The molecule has 0 aromatic heterocycles. The lowest BCUT2D eigenvalue weighted by molar-refractivity contribution is -0.121. The number of hydrogen-bond donors (Lipinski definition) is 1. The minimum atomic E-state index is -0.676. The van der Waals surface area contributed by atoms with Gasteiger partial charge in [0.05, 0.1) is 6.54 Å². The molecule has 1 atom stereocenters. The molecule has 7 heteroatoms. The predicted octanol–water partition coefficient (Wildman–Crippen LogP) is 3.72. The molecule has 29 heavy (non-hydrogen) atoms. The number of carbonyl (C=O) groups is 2. The Balaban J connectivity index is 1.57. The highest BCUT2D eigenvalue weighted by atomic mass is 16.7. The summed E-state index contributed by atoms with van der Waals surface area (Å²) in [7, 11) is 0. The van der Waals surface area contributed by atoms with E-state index in [9.17, 15) is 9.59 Å². The zero-order valence-corrected chi connectivity index (χ0v) is 16.7. The van der Waals surface area contributed by atoms with E-state index in [4.69, 9.17) is 14.2 Å². The van der Waals surface area contributed by atoms with Gasteiger partial charge in [-0.15, -0.1) is 0 Å². The number of ether oxygens (including phenoxy) is 3. The minimum absolute atomic E-state index is 0.165. The summed E-state index contributed by atoms with van der Waals surface area (Å²) in [6, 6.07) is 12.4. The molecule has 2 aliphatic heterocycles. The lowest BCUT2D eigenvalue weighted by atomic mass is 9.93. The van der Waals surface area contributed by atoms with Gasteiger partial charge in [-0.3, -0.25) is 9.69 Å². The summed E-state index contributed by atoms with van der Waals surface area (Å²) in [6.45, 7) is 5.92. The third-order valence-electron chi connectivity index (χ3n) is 4.82. The smallest absolute Gasteiger partial charge is 0.411 e. The summed E-state index contributed by atoms with van der Waals surface area (Å²) >= 11 is 0. The first-order valence-corrected chi connectivity index (χ1v) is 9.57. The van der Waals surface area contributed by atoms with E-state index < -0.39 is 17.7 Å². The van der Waals surface area contributed by atoms with E-state index in [-0.39, 0.29) is 12.7 Å². The summed E-state index contributed by atoms with van der Waals surface area (Å²) in [6.07, 6.45) is -0.0796. The second-order valence-electron chi connectivity index (χ2n) is 8.15. The van der Waals surface area contributed by atoms with Gasteiger partial charge in [0.15, 0.2) is 11.5 Å². The third-order valence-corrected chi connectivity index (χ3v) is 4.82. The van der Waals surface area contributed by atoms with Gasteiger partial charge in [-0.05, 0) is 44.0 Å². The zero-order valence-electron chi connectivity index (χ0n) is 16.7. The molecular formula is C22H24N2O5. The van der Waals surface area contributed by atoms with Crippen LogP contribution < -0.4 is 14.8 Å². The third kappa shape index (κ3) is 4.13. The molecule has 1 unspecified atom stereocenters. The van der Waals surface area contributed by atoms with Crippen LogP contribution in [0.25, 0.3) is 0 Å². The standard InChI is InChI=1S/C22H24N2O5/c1-22(2,3)29-21(26)24-12-15-7-5-4-6-14(15)10-17(24)20(25)23-16-8-9-18-19(11-16)28-13-27-18/h4-9,11,17H,10,12-13H2,1-3H3,(H,23,25). The number of nitrogens with zero attached hydrogens (tertiary/aromatic N) is 1. The molecule has 0 saturated heterocycles. The van der Waals surface area contributed by atoms with Gasteiger partial charge < -0.3 is 19.5 Å². The van der Waals surface area contributed by atoms with Crippen molar-refractivity contribution in [2.45, 2.75) is 45.4 Å². The molecule has 0 saturated carbocycles. The molecule has 2 aromatic rings. The lowest BCUT2D eigenvalue weighted by Crippen LogP contribution is -2.52. The van der Waals surface area contributed by atoms with Crippen LogP contribution >= 0.6 is 0 Å². The summed E-state index contributed by atoms with van der Waals surface area (Å²) in [5.74, 6) is 0.954. The number of amides is 2. The van der Waals surface area contributed by atoms with E-state index in [1.165, 1.54) is 4.90 Å². The first-order chi connectivity index (χ1) is 13.8. The molecule has 0 fully saturated rings. The van der Waals surface area contributed by atoms with Gasteiger partial charge in [-0.1, -0.05) is 24.3 Å². The Bertz CT molecular complexity index is 950. The second kappa shape index (κ2) is 7.31. The van der Waals surface area contributed by atoms with E-state index in [2.05, 4.69) is 5.32 Å². The highest BCUT2D eigenvalue weighted by Crippen LogP contribution is 2.34. The maximum atomic E-state index is 13.1. The Morgan fingerprint density at radius 1 is 1.07 bits per heavy atom. The van der Waals surface area contributed by atoms with Crippen LogP contribution in [-0.2, 0) is 22.5 Å². The highest BCUT2D eigenvalue weighted by Gasteiger charge is 2.37. The predicted molar refractivity (Wildman–Crippen MR) is 107 cm³/mol. The Labute approximate surface area is 169 Å². The second-order valence-corrected chi connectivity index (χ2v) is 8.15. The van der Waals surface area contributed by atoms with Crippen LogP contribution in [0.1, 0.15) is 31.9 Å². The van der Waals surface area contributed by atoms with Gasteiger partial charge in [0.2, 0.25) is 12.7 Å². The maximum absolute atomic E-state index is 13.1. The van der Waals surface area contributed by atoms with Crippen LogP contribution in [0.2, 0.25) is 0 Å². The first-order valence-electron chi connectivity index (χ1n) is 9.57. The Morgan fingerprint density at radius 3 is 2.55 bits per heavy atom. The Morgan fingerprint density at radius 2 is 1.79 bits per heavy atom. The fourth-order valence-electron chi connectivity index (χ4n) is 3.47. The van der Waals surface area contributed by atoms with E-state index in [0.717, 1.165) is 11.1 Å². The van der Waals surface area contributed by atoms with Crippen molar-refractivity contribution in [3.8, 4) is 11.5 Å². The van der Waals surface area contributed by atoms with Crippen molar-refractivity contribution in [1.29, 1.82) is 0 Å². The summed E-state index contributed by atoms with van der Waals surface area (Å²) in [5, 5.41) is 2.90. The molecule has 2 heterocycles. The molecule has 1 N–H and O–H groups in total. The van der Waals surface area contributed by atoms with Gasteiger partial charge in [0, 0.05) is 18.2 Å². The van der Waals surface area contributed by atoms with Crippen molar-refractivity contribution in [1.82, 2.24) is 4.90 Å². The van der Waals surface area contributed by atoms with Crippen LogP contribution in [0.5, 0.6) is 11.5 Å². The number of carbonyl (C=O) groups excluding carboxylic acids is 2. The monoisotopic (exact) mass is 396 g/mol. The molecule has 2 aromatic carbocycles. The number of rotatable bonds is 2. The van der Waals surface area contributed by atoms with E-state index in [1.807, 2.05) is 45.0 Å². The minimum Gasteiger partial charge on any atom is -0.454 e. The first kappa shape index (κ1) is 19.1. The Hall–Kier alpha value is -3.22. The molecule has 0 aliphatic carbocycles. The van der Waals surface area contributed by atoms with Crippen molar-refractivity contribution >= 4 is 17.7 Å². The van der Waals surface area contributed by atoms with Crippen molar-refractivity contribution in [2.24, 2.45) is 0 Å².